The van der Waals surface area contributed by atoms with Gasteiger partial charge in [0.1, 0.15) is 0 Å². The second-order valence-corrected chi connectivity index (χ2v) is 7.17. The number of imide groups is 1. The zero-order chi connectivity index (χ0) is 13.5. The molecule has 1 aromatic heterocycles. The van der Waals surface area contributed by atoms with Gasteiger partial charge in [-0.05, 0) is 12.7 Å². The Labute approximate surface area is 118 Å². The maximum atomic E-state index is 11.6. The van der Waals surface area contributed by atoms with Crippen LogP contribution in [-0.4, -0.2) is 40.2 Å². The highest BCUT2D eigenvalue weighted by molar-refractivity contribution is 8.03. The lowest BCUT2D eigenvalue weighted by Gasteiger charge is -2.08. The van der Waals surface area contributed by atoms with E-state index in [0.717, 1.165) is 14.4 Å². The van der Waals surface area contributed by atoms with Gasteiger partial charge in [-0.3, -0.25) is 10.1 Å². The quantitative estimate of drug-likeness (QED) is 0.804. The first-order valence-corrected chi connectivity index (χ1v) is 7.90. The lowest BCUT2D eigenvalue weighted by atomic mass is 10.4. The number of carbonyl (C=O) groups is 2. The van der Waals surface area contributed by atoms with Gasteiger partial charge in [-0.1, -0.05) is 41.8 Å². The fourth-order valence-corrected chi connectivity index (χ4v) is 3.97. The lowest BCUT2D eigenvalue weighted by Crippen LogP contribution is -2.41. The Morgan fingerprint density at radius 3 is 2.67 bits per heavy atom. The maximum absolute atomic E-state index is 11.6. The van der Waals surface area contributed by atoms with Gasteiger partial charge in [-0.15, -0.1) is 10.2 Å². The van der Waals surface area contributed by atoms with Gasteiger partial charge in [0.05, 0.1) is 5.25 Å². The molecule has 0 aliphatic heterocycles. The number of hydrogen-bond donors (Lipinski definition) is 2. The summed E-state index contributed by atoms with van der Waals surface area (Å²) in [5.41, 5.74) is 0. The van der Waals surface area contributed by atoms with Gasteiger partial charge in [-0.2, -0.15) is 0 Å². The molecule has 0 aromatic carbocycles. The highest BCUT2D eigenvalue weighted by Gasteiger charge is 2.18. The molecule has 1 atom stereocenters. The molecule has 1 rings (SSSR count). The molecule has 6 nitrogen and oxygen atoms in total. The largest absolute Gasteiger partial charge is 0.341 e. The third kappa shape index (κ3) is 4.83. The van der Waals surface area contributed by atoms with Crippen molar-refractivity contribution in [2.24, 2.45) is 0 Å². The summed E-state index contributed by atoms with van der Waals surface area (Å²) < 4.78 is 1.62. The van der Waals surface area contributed by atoms with Crippen LogP contribution in [0.5, 0.6) is 0 Å². The summed E-state index contributed by atoms with van der Waals surface area (Å²) in [5.74, 6) is 0.589. The molecule has 18 heavy (non-hydrogen) atoms. The molecule has 0 aliphatic carbocycles. The number of rotatable bonds is 5. The zero-order valence-electron chi connectivity index (χ0n) is 10.2. The van der Waals surface area contributed by atoms with E-state index in [-0.39, 0.29) is 5.91 Å². The van der Waals surface area contributed by atoms with E-state index in [0.29, 0.717) is 0 Å². The topological polar surface area (TPSA) is 84.0 Å². The van der Waals surface area contributed by atoms with Gasteiger partial charge < -0.3 is 5.32 Å². The van der Waals surface area contributed by atoms with Crippen molar-refractivity contribution < 1.29 is 9.59 Å². The molecule has 0 saturated heterocycles. The molecular formula is C9H14N4O2S3. The van der Waals surface area contributed by atoms with Gasteiger partial charge in [0, 0.05) is 7.05 Å². The molecule has 1 heterocycles. The summed E-state index contributed by atoms with van der Waals surface area (Å²) in [6.45, 7) is 3.76. The Balaban J connectivity index is 2.49. The molecule has 0 bridgehead atoms. The zero-order valence-corrected chi connectivity index (χ0v) is 12.7. The van der Waals surface area contributed by atoms with E-state index in [1.165, 1.54) is 30.1 Å². The van der Waals surface area contributed by atoms with E-state index in [4.69, 9.17) is 0 Å². The summed E-state index contributed by atoms with van der Waals surface area (Å²) in [4.78, 5) is 22.6. The van der Waals surface area contributed by atoms with Crippen LogP contribution in [0.1, 0.15) is 13.8 Å². The van der Waals surface area contributed by atoms with Crippen molar-refractivity contribution in [1.82, 2.24) is 20.8 Å². The van der Waals surface area contributed by atoms with Crippen LogP contribution in [0, 0.1) is 0 Å². The normalized spacial score (nSPS) is 11.9. The monoisotopic (exact) mass is 306 g/mol. The predicted molar refractivity (Wildman–Crippen MR) is 74.2 cm³/mol. The molecule has 1 unspecified atom stereocenters. The minimum atomic E-state index is -0.507. The van der Waals surface area contributed by atoms with E-state index in [9.17, 15) is 9.59 Å². The summed E-state index contributed by atoms with van der Waals surface area (Å²) >= 11 is 4.35. The predicted octanol–water partition coefficient (Wildman–Crippen LogP) is 1.59. The molecule has 1 aromatic rings. The molecule has 0 radical (unpaired) electrons. The smallest absolute Gasteiger partial charge is 0.321 e. The number of hydrogen-bond acceptors (Lipinski definition) is 7. The molecule has 3 amide bonds. The Kier molecular flexibility index (Phi) is 6.44. The Morgan fingerprint density at radius 2 is 2.06 bits per heavy atom. The van der Waals surface area contributed by atoms with Crippen LogP contribution in [0.3, 0.4) is 0 Å². The third-order valence-corrected chi connectivity index (χ3v) is 4.89. The summed E-state index contributed by atoms with van der Waals surface area (Å²) in [6.07, 6.45) is 0. The van der Waals surface area contributed by atoms with Crippen molar-refractivity contribution in [2.45, 2.75) is 27.8 Å². The maximum Gasteiger partial charge on any atom is 0.321 e. The van der Waals surface area contributed by atoms with Crippen LogP contribution < -0.4 is 10.6 Å². The van der Waals surface area contributed by atoms with Gasteiger partial charge in [0.2, 0.25) is 5.91 Å². The summed E-state index contributed by atoms with van der Waals surface area (Å²) in [5, 5.41) is 12.1. The van der Waals surface area contributed by atoms with Crippen LogP contribution >= 0.6 is 34.9 Å². The van der Waals surface area contributed by atoms with E-state index < -0.39 is 11.3 Å². The highest BCUT2D eigenvalue weighted by atomic mass is 32.2. The van der Waals surface area contributed by atoms with Crippen molar-refractivity contribution >= 4 is 46.8 Å². The molecule has 0 saturated carbocycles. The minimum absolute atomic E-state index is 0.348. The van der Waals surface area contributed by atoms with Crippen molar-refractivity contribution in [1.29, 1.82) is 0 Å². The first-order chi connectivity index (χ1) is 8.56. The third-order valence-electron chi connectivity index (χ3n) is 1.77. The molecule has 0 fully saturated rings. The van der Waals surface area contributed by atoms with Gasteiger partial charge >= 0.3 is 6.03 Å². The molecule has 0 spiro atoms. The van der Waals surface area contributed by atoms with Gasteiger partial charge in [0.25, 0.3) is 0 Å². The summed E-state index contributed by atoms with van der Waals surface area (Å²) in [6, 6.07) is -0.507. The van der Waals surface area contributed by atoms with Crippen LogP contribution in [-0.2, 0) is 4.79 Å². The Hall–Kier alpha value is -0.800. The van der Waals surface area contributed by atoms with Crippen LogP contribution in [0.15, 0.2) is 8.68 Å². The molecule has 100 valence electrons. The second-order valence-electron chi connectivity index (χ2n) is 3.10. The lowest BCUT2D eigenvalue weighted by molar-refractivity contribution is -0.119. The Bertz CT molecular complexity index is 424. The number of aromatic nitrogens is 2. The Morgan fingerprint density at radius 1 is 1.39 bits per heavy atom. The number of nitrogens with zero attached hydrogens (tertiary/aromatic N) is 2. The molecule has 9 heteroatoms. The highest BCUT2D eigenvalue weighted by Crippen LogP contribution is 2.30. The van der Waals surface area contributed by atoms with Crippen LogP contribution in [0.4, 0.5) is 4.79 Å². The molecular weight excluding hydrogens is 292 g/mol. The minimum Gasteiger partial charge on any atom is -0.341 e. The van der Waals surface area contributed by atoms with Crippen LogP contribution in [0.2, 0.25) is 0 Å². The van der Waals surface area contributed by atoms with E-state index in [2.05, 4.69) is 20.8 Å². The van der Waals surface area contributed by atoms with E-state index in [1.54, 1.807) is 18.7 Å². The SMILES string of the molecule is CCSc1nnc(SC(C)C(=O)NC(=O)NC)s1. The fraction of sp³-hybridized carbons (Fsp3) is 0.556. The van der Waals surface area contributed by atoms with Gasteiger partial charge in [-0.25, -0.2) is 4.79 Å². The number of nitrogens with one attached hydrogen (secondary N) is 2. The first-order valence-electron chi connectivity index (χ1n) is 5.22. The number of amides is 3. The average molecular weight is 306 g/mol. The summed E-state index contributed by atoms with van der Waals surface area (Å²) in [7, 11) is 1.46. The average Bonchev–Trinajstić information content (AvgIpc) is 2.76. The van der Waals surface area contributed by atoms with Gasteiger partial charge in [0.15, 0.2) is 8.68 Å². The molecule has 2 N–H and O–H groups in total. The van der Waals surface area contributed by atoms with Crippen molar-refractivity contribution in [3.8, 4) is 0 Å². The molecule has 0 aliphatic rings. The number of carbonyl (C=O) groups excluding carboxylic acids is 2. The van der Waals surface area contributed by atoms with E-state index in [1.807, 2.05) is 6.92 Å². The second kappa shape index (κ2) is 7.59. The fourth-order valence-electron chi connectivity index (χ4n) is 0.907. The van der Waals surface area contributed by atoms with E-state index >= 15 is 0 Å². The van der Waals surface area contributed by atoms with Crippen molar-refractivity contribution in [2.75, 3.05) is 12.8 Å². The standard InChI is InChI=1S/C9H14N4O2S3/c1-4-16-8-12-13-9(18-8)17-5(2)6(14)11-7(15)10-3/h5H,4H2,1-3H3,(H2,10,11,14,15). The first kappa shape index (κ1) is 15.3. The van der Waals surface area contributed by atoms with Crippen molar-refractivity contribution in [3.05, 3.63) is 0 Å². The number of thioether (sulfide) groups is 2. The van der Waals surface area contributed by atoms with Crippen molar-refractivity contribution in [3.63, 3.8) is 0 Å². The van der Waals surface area contributed by atoms with Crippen LogP contribution in [0.25, 0.3) is 0 Å². The number of urea groups is 1.